The predicted octanol–water partition coefficient (Wildman–Crippen LogP) is 2.58. The summed E-state index contributed by atoms with van der Waals surface area (Å²) >= 11 is 5.81. The standard InChI is InChI=1S/C7H10Cl2O4S2/c1-3-12-5(10)7(8,14-15-9)6(11)13-4-2/h3-4H2,1-2H3. The maximum atomic E-state index is 11.4. The van der Waals surface area contributed by atoms with Crippen molar-refractivity contribution >= 4 is 55.0 Å². The number of alkyl halides is 1. The van der Waals surface area contributed by atoms with Crippen molar-refractivity contribution < 1.29 is 19.1 Å². The molecule has 0 aliphatic carbocycles. The van der Waals surface area contributed by atoms with E-state index in [1.165, 1.54) is 0 Å². The van der Waals surface area contributed by atoms with Gasteiger partial charge in [-0.05, 0) is 35.3 Å². The molecule has 0 aromatic heterocycles. The summed E-state index contributed by atoms with van der Waals surface area (Å²) in [5, 5.41) is 0. The van der Waals surface area contributed by atoms with Crippen LogP contribution in [0.1, 0.15) is 13.8 Å². The first-order valence-corrected chi connectivity index (χ1v) is 7.38. The molecule has 0 saturated carbocycles. The quantitative estimate of drug-likeness (QED) is 0.325. The molecule has 8 heteroatoms. The highest BCUT2D eigenvalue weighted by Gasteiger charge is 2.49. The van der Waals surface area contributed by atoms with Crippen LogP contribution in [-0.4, -0.2) is 29.4 Å². The highest BCUT2D eigenvalue weighted by atomic mass is 35.7. The minimum absolute atomic E-state index is 0.125. The molecule has 0 radical (unpaired) electrons. The Morgan fingerprint density at radius 2 is 1.60 bits per heavy atom. The molecule has 0 fully saturated rings. The van der Waals surface area contributed by atoms with E-state index in [0.717, 1.165) is 0 Å². The normalized spacial score (nSPS) is 10.9. The van der Waals surface area contributed by atoms with Gasteiger partial charge in [0.1, 0.15) is 0 Å². The fourth-order valence-corrected chi connectivity index (χ4v) is 3.19. The van der Waals surface area contributed by atoms with Crippen molar-refractivity contribution in [3.05, 3.63) is 0 Å². The first kappa shape index (κ1) is 15.2. The zero-order valence-corrected chi connectivity index (χ0v) is 11.3. The Hall–Kier alpha value is 0.220. The Labute approximate surface area is 105 Å². The number of halogens is 2. The molecule has 0 aliphatic heterocycles. The average molecular weight is 293 g/mol. The largest absolute Gasteiger partial charge is 0.464 e. The molecule has 0 spiro atoms. The van der Waals surface area contributed by atoms with Crippen LogP contribution in [0.3, 0.4) is 0 Å². The molecule has 0 rings (SSSR count). The molecule has 4 nitrogen and oxygen atoms in total. The number of carbonyl (C=O) groups is 2. The summed E-state index contributed by atoms with van der Waals surface area (Å²) in [4.78, 5) is 22.8. The van der Waals surface area contributed by atoms with Gasteiger partial charge in [0.2, 0.25) is 0 Å². The van der Waals surface area contributed by atoms with E-state index in [-0.39, 0.29) is 13.2 Å². The Kier molecular flexibility index (Phi) is 7.60. The Morgan fingerprint density at radius 3 is 1.87 bits per heavy atom. The van der Waals surface area contributed by atoms with Gasteiger partial charge < -0.3 is 9.47 Å². The molecule has 0 unspecified atom stereocenters. The third kappa shape index (κ3) is 4.30. The van der Waals surface area contributed by atoms with E-state index in [1.54, 1.807) is 13.8 Å². The zero-order valence-electron chi connectivity index (χ0n) is 8.12. The van der Waals surface area contributed by atoms with Crippen molar-refractivity contribution in [2.24, 2.45) is 0 Å². The van der Waals surface area contributed by atoms with Crippen LogP contribution in [0.15, 0.2) is 0 Å². The van der Waals surface area contributed by atoms with E-state index >= 15 is 0 Å². The van der Waals surface area contributed by atoms with Crippen molar-refractivity contribution in [3.8, 4) is 0 Å². The Morgan fingerprint density at radius 1 is 1.20 bits per heavy atom. The SMILES string of the molecule is CCOC(=O)C(Cl)(SSCl)C(=O)OCC. The van der Waals surface area contributed by atoms with Gasteiger partial charge in [0, 0.05) is 10.0 Å². The van der Waals surface area contributed by atoms with Gasteiger partial charge in [-0.25, -0.2) is 9.59 Å². The van der Waals surface area contributed by atoms with Crippen molar-refractivity contribution in [2.75, 3.05) is 13.2 Å². The maximum Gasteiger partial charge on any atom is 0.350 e. The number of hydrogen-bond donors (Lipinski definition) is 0. The highest BCUT2D eigenvalue weighted by Crippen LogP contribution is 2.43. The Balaban J connectivity index is 4.70. The van der Waals surface area contributed by atoms with Gasteiger partial charge in [-0.1, -0.05) is 11.6 Å². The summed E-state index contributed by atoms with van der Waals surface area (Å²) in [5.74, 6) is -1.74. The van der Waals surface area contributed by atoms with Crippen LogP contribution in [0.4, 0.5) is 0 Å². The zero-order chi connectivity index (χ0) is 11.9. The van der Waals surface area contributed by atoms with Gasteiger partial charge in [0.25, 0.3) is 4.21 Å². The van der Waals surface area contributed by atoms with E-state index in [2.05, 4.69) is 9.47 Å². The van der Waals surface area contributed by atoms with Gasteiger partial charge in [0.05, 0.1) is 13.2 Å². The van der Waals surface area contributed by atoms with Crippen LogP contribution in [0.5, 0.6) is 0 Å². The fourth-order valence-electron chi connectivity index (χ4n) is 0.643. The summed E-state index contributed by atoms with van der Waals surface area (Å²) < 4.78 is 7.39. The molecule has 0 N–H and O–H groups in total. The van der Waals surface area contributed by atoms with Crippen molar-refractivity contribution in [2.45, 2.75) is 18.1 Å². The second-order valence-electron chi connectivity index (χ2n) is 2.18. The lowest BCUT2D eigenvalue weighted by Gasteiger charge is -2.19. The van der Waals surface area contributed by atoms with Crippen molar-refractivity contribution in [1.29, 1.82) is 0 Å². The van der Waals surface area contributed by atoms with E-state index in [1.807, 2.05) is 0 Å². The van der Waals surface area contributed by atoms with Crippen LogP contribution in [0.25, 0.3) is 0 Å². The molecule has 0 atom stereocenters. The van der Waals surface area contributed by atoms with Crippen molar-refractivity contribution in [3.63, 3.8) is 0 Å². The van der Waals surface area contributed by atoms with Gasteiger partial charge in [-0.15, -0.1) is 0 Å². The summed E-state index contributed by atoms with van der Waals surface area (Å²) in [7, 11) is 6.70. The first-order valence-electron chi connectivity index (χ1n) is 4.02. The Bertz CT molecular complexity index is 219. The van der Waals surface area contributed by atoms with Crippen LogP contribution in [0, 0.1) is 0 Å². The van der Waals surface area contributed by atoms with Gasteiger partial charge >= 0.3 is 11.9 Å². The van der Waals surface area contributed by atoms with Crippen LogP contribution < -0.4 is 0 Å². The van der Waals surface area contributed by atoms with Crippen molar-refractivity contribution in [1.82, 2.24) is 0 Å². The fraction of sp³-hybridized carbons (Fsp3) is 0.714. The smallest absolute Gasteiger partial charge is 0.350 e. The molecule has 0 aromatic carbocycles. The minimum atomic E-state index is -1.93. The summed E-state index contributed by atoms with van der Waals surface area (Å²) in [5.41, 5.74) is 0. The summed E-state index contributed by atoms with van der Waals surface area (Å²) in [6.45, 7) is 3.47. The molecule has 0 aliphatic rings. The first-order chi connectivity index (χ1) is 7.02. The van der Waals surface area contributed by atoms with E-state index in [4.69, 9.17) is 22.3 Å². The predicted molar refractivity (Wildman–Crippen MR) is 62.9 cm³/mol. The summed E-state index contributed by atoms with van der Waals surface area (Å²) in [6, 6.07) is 0. The van der Waals surface area contributed by atoms with E-state index < -0.39 is 16.1 Å². The molecular formula is C7H10Cl2O4S2. The lowest BCUT2D eigenvalue weighted by molar-refractivity contribution is -0.154. The topological polar surface area (TPSA) is 52.6 Å². The van der Waals surface area contributed by atoms with Crippen LogP contribution in [0.2, 0.25) is 0 Å². The van der Waals surface area contributed by atoms with E-state index in [9.17, 15) is 9.59 Å². The third-order valence-corrected chi connectivity index (χ3v) is 4.17. The molecule has 0 bridgehead atoms. The molecule has 0 amide bonds. The minimum Gasteiger partial charge on any atom is -0.464 e. The summed E-state index contributed by atoms with van der Waals surface area (Å²) in [6.07, 6.45) is 0. The molecule has 0 saturated heterocycles. The van der Waals surface area contributed by atoms with Gasteiger partial charge in [0.15, 0.2) is 0 Å². The number of carbonyl (C=O) groups excluding carboxylic acids is 2. The molecule has 0 heterocycles. The van der Waals surface area contributed by atoms with Crippen LogP contribution in [-0.2, 0) is 19.1 Å². The maximum absolute atomic E-state index is 11.4. The highest BCUT2D eigenvalue weighted by molar-refractivity contribution is 8.86. The lowest BCUT2D eigenvalue weighted by Crippen LogP contribution is -2.40. The number of esters is 2. The van der Waals surface area contributed by atoms with Gasteiger partial charge in [-0.2, -0.15) is 0 Å². The van der Waals surface area contributed by atoms with Crippen LogP contribution >= 0.6 is 43.1 Å². The second-order valence-corrected chi connectivity index (χ2v) is 5.89. The molecule has 88 valence electrons. The molecular weight excluding hydrogens is 283 g/mol. The number of ether oxygens (including phenoxy) is 2. The monoisotopic (exact) mass is 292 g/mol. The third-order valence-electron chi connectivity index (χ3n) is 1.22. The van der Waals surface area contributed by atoms with Gasteiger partial charge in [-0.3, -0.25) is 0 Å². The molecule has 0 aromatic rings. The average Bonchev–Trinajstić information content (AvgIpc) is 2.18. The number of hydrogen-bond acceptors (Lipinski definition) is 6. The van der Waals surface area contributed by atoms with E-state index in [0.29, 0.717) is 20.8 Å². The lowest BCUT2D eigenvalue weighted by atomic mass is 10.4. The second kappa shape index (κ2) is 7.49. The number of rotatable bonds is 6. The molecule has 15 heavy (non-hydrogen) atoms.